The highest BCUT2D eigenvalue weighted by Gasteiger charge is 2.23. The fourth-order valence-corrected chi connectivity index (χ4v) is 1.26. The van der Waals surface area contributed by atoms with Crippen LogP contribution in [-0.2, 0) is 0 Å². The molecule has 0 aromatic carbocycles. The van der Waals surface area contributed by atoms with E-state index in [1.807, 2.05) is 6.92 Å². The van der Waals surface area contributed by atoms with Gasteiger partial charge in [0.05, 0.1) is 11.2 Å². The second-order valence-corrected chi connectivity index (χ2v) is 4.91. The van der Waals surface area contributed by atoms with Gasteiger partial charge in [0.1, 0.15) is 0 Å². The molecule has 80 valence electrons. The standard InChI is InChI=1S/C11H24O2/c1-5-6-7-11(4,13)9-8-10(2,3)12/h12-13H,5-9H2,1-4H3/t11-/m1/s1. The summed E-state index contributed by atoms with van der Waals surface area (Å²) in [5.41, 5.74) is -1.26. The molecule has 0 saturated carbocycles. The first-order valence-electron chi connectivity index (χ1n) is 5.21. The molecule has 0 saturated heterocycles. The zero-order valence-electron chi connectivity index (χ0n) is 9.43. The van der Waals surface area contributed by atoms with E-state index in [1.54, 1.807) is 13.8 Å². The molecular formula is C11H24O2. The maximum Gasteiger partial charge on any atom is 0.0620 e. The molecule has 0 aliphatic carbocycles. The van der Waals surface area contributed by atoms with Crippen molar-refractivity contribution in [1.82, 2.24) is 0 Å². The summed E-state index contributed by atoms with van der Waals surface area (Å²) in [5, 5.41) is 19.4. The summed E-state index contributed by atoms with van der Waals surface area (Å²) in [5.74, 6) is 0. The van der Waals surface area contributed by atoms with Gasteiger partial charge in [-0.2, -0.15) is 0 Å². The van der Waals surface area contributed by atoms with Crippen LogP contribution in [0.5, 0.6) is 0 Å². The number of aliphatic hydroxyl groups is 2. The Bertz CT molecular complexity index is 134. The van der Waals surface area contributed by atoms with Crippen LogP contribution in [0, 0.1) is 0 Å². The lowest BCUT2D eigenvalue weighted by Crippen LogP contribution is -2.29. The highest BCUT2D eigenvalue weighted by Crippen LogP contribution is 2.23. The summed E-state index contributed by atoms with van der Waals surface area (Å²) in [7, 11) is 0. The monoisotopic (exact) mass is 188 g/mol. The molecule has 2 nitrogen and oxygen atoms in total. The first kappa shape index (κ1) is 12.9. The van der Waals surface area contributed by atoms with Gasteiger partial charge in [0.15, 0.2) is 0 Å². The Hall–Kier alpha value is -0.0800. The van der Waals surface area contributed by atoms with Crippen molar-refractivity contribution in [3.8, 4) is 0 Å². The molecule has 0 spiro atoms. The summed E-state index contributed by atoms with van der Waals surface area (Å²) < 4.78 is 0. The van der Waals surface area contributed by atoms with E-state index >= 15 is 0 Å². The Morgan fingerprint density at radius 1 is 0.923 bits per heavy atom. The zero-order chi connectivity index (χ0) is 10.5. The van der Waals surface area contributed by atoms with Crippen LogP contribution in [0.25, 0.3) is 0 Å². The van der Waals surface area contributed by atoms with Crippen LogP contribution in [0.15, 0.2) is 0 Å². The predicted octanol–water partition coefficient (Wildman–Crippen LogP) is 2.48. The van der Waals surface area contributed by atoms with Crippen LogP contribution in [0.4, 0.5) is 0 Å². The van der Waals surface area contributed by atoms with Gasteiger partial charge >= 0.3 is 0 Å². The van der Waals surface area contributed by atoms with Gasteiger partial charge in [-0.1, -0.05) is 19.8 Å². The van der Waals surface area contributed by atoms with Crippen molar-refractivity contribution in [2.24, 2.45) is 0 Å². The third kappa shape index (κ3) is 8.26. The van der Waals surface area contributed by atoms with Crippen molar-refractivity contribution >= 4 is 0 Å². The van der Waals surface area contributed by atoms with Crippen LogP contribution < -0.4 is 0 Å². The highest BCUT2D eigenvalue weighted by molar-refractivity contribution is 4.77. The molecule has 0 amide bonds. The fourth-order valence-electron chi connectivity index (χ4n) is 1.26. The highest BCUT2D eigenvalue weighted by atomic mass is 16.3. The maximum absolute atomic E-state index is 9.90. The fraction of sp³-hybridized carbons (Fsp3) is 1.00. The van der Waals surface area contributed by atoms with E-state index in [2.05, 4.69) is 6.92 Å². The lowest BCUT2D eigenvalue weighted by molar-refractivity contribution is 0.0000852. The summed E-state index contributed by atoms with van der Waals surface area (Å²) in [6, 6.07) is 0. The minimum Gasteiger partial charge on any atom is -0.390 e. The number of unbranched alkanes of at least 4 members (excludes halogenated alkanes) is 1. The Balaban J connectivity index is 3.75. The third-order valence-corrected chi connectivity index (χ3v) is 2.34. The zero-order valence-corrected chi connectivity index (χ0v) is 9.43. The van der Waals surface area contributed by atoms with Crippen LogP contribution in [0.3, 0.4) is 0 Å². The number of hydrogen-bond acceptors (Lipinski definition) is 2. The second-order valence-electron chi connectivity index (χ2n) is 4.91. The summed E-state index contributed by atoms with van der Waals surface area (Å²) in [6.07, 6.45) is 4.33. The molecule has 1 atom stereocenters. The molecule has 0 aromatic rings. The Labute approximate surface area is 82.0 Å². The van der Waals surface area contributed by atoms with Gasteiger partial charge in [-0.3, -0.25) is 0 Å². The second kappa shape index (κ2) is 4.97. The maximum atomic E-state index is 9.90. The molecule has 0 aromatic heterocycles. The molecule has 0 aliphatic heterocycles. The predicted molar refractivity (Wildman–Crippen MR) is 55.7 cm³/mol. The average Bonchev–Trinajstić information content (AvgIpc) is 1.97. The molecule has 0 bridgehead atoms. The topological polar surface area (TPSA) is 40.5 Å². The molecule has 0 unspecified atom stereocenters. The SMILES string of the molecule is CCCC[C@@](C)(O)CCC(C)(C)O. The van der Waals surface area contributed by atoms with Gasteiger partial charge in [0.25, 0.3) is 0 Å². The van der Waals surface area contributed by atoms with Crippen molar-refractivity contribution in [2.75, 3.05) is 0 Å². The largest absolute Gasteiger partial charge is 0.390 e. The molecule has 13 heavy (non-hydrogen) atoms. The first-order valence-corrected chi connectivity index (χ1v) is 5.21. The number of hydrogen-bond donors (Lipinski definition) is 2. The van der Waals surface area contributed by atoms with E-state index < -0.39 is 11.2 Å². The van der Waals surface area contributed by atoms with E-state index in [1.165, 1.54) is 0 Å². The summed E-state index contributed by atoms with van der Waals surface area (Å²) in [6.45, 7) is 7.53. The van der Waals surface area contributed by atoms with Gasteiger partial charge in [0.2, 0.25) is 0 Å². The molecule has 0 rings (SSSR count). The third-order valence-electron chi connectivity index (χ3n) is 2.34. The van der Waals surface area contributed by atoms with E-state index in [4.69, 9.17) is 0 Å². The van der Waals surface area contributed by atoms with Crippen LogP contribution >= 0.6 is 0 Å². The van der Waals surface area contributed by atoms with E-state index in [-0.39, 0.29) is 0 Å². The molecule has 0 heterocycles. The lowest BCUT2D eigenvalue weighted by Gasteiger charge is -2.27. The molecule has 0 fully saturated rings. The molecule has 0 aliphatic rings. The minimum absolute atomic E-state index is 0.601. The average molecular weight is 188 g/mol. The molecule has 0 radical (unpaired) electrons. The number of rotatable bonds is 6. The normalized spacial score (nSPS) is 17.1. The van der Waals surface area contributed by atoms with Gasteiger partial charge in [-0.25, -0.2) is 0 Å². The smallest absolute Gasteiger partial charge is 0.0620 e. The Morgan fingerprint density at radius 2 is 1.46 bits per heavy atom. The quantitative estimate of drug-likeness (QED) is 0.672. The van der Waals surface area contributed by atoms with Gasteiger partial charge in [-0.15, -0.1) is 0 Å². The Morgan fingerprint density at radius 3 is 1.85 bits per heavy atom. The van der Waals surface area contributed by atoms with Crippen LogP contribution in [-0.4, -0.2) is 21.4 Å². The van der Waals surface area contributed by atoms with Crippen molar-refractivity contribution in [3.63, 3.8) is 0 Å². The van der Waals surface area contributed by atoms with E-state index in [9.17, 15) is 10.2 Å². The van der Waals surface area contributed by atoms with Crippen LogP contribution in [0.1, 0.15) is 59.8 Å². The summed E-state index contributed by atoms with van der Waals surface area (Å²) >= 11 is 0. The molecule has 2 N–H and O–H groups in total. The van der Waals surface area contributed by atoms with E-state index in [0.717, 1.165) is 19.3 Å². The first-order chi connectivity index (χ1) is 5.77. The van der Waals surface area contributed by atoms with Crippen molar-refractivity contribution in [1.29, 1.82) is 0 Å². The van der Waals surface area contributed by atoms with E-state index in [0.29, 0.717) is 12.8 Å². The lowest BCUT2D eigenvalue weighted by atomic mass is 9.89. The van der Waals surface area contributed by atoms with Crippen LogP contribution in [0.2, 0.25) is 0 Å². The molecule has 2 heteroatoms. The van der Waals surface area contributed by atoms with Gasteiger partial charge < -0.3 is 10.2 Å². The van der Waals surface area contributed by atoms with Crippen molar-refractivity contribution < 1.29 is 10.2 Å². The van der Waals surface area contributed by atoms with Gasteiger partial charge in [-0.05, 0) is 40.0 Å². The van der Waals surface area contributed by atoms with Crippen molar-refractivity contribution in [2.45, 2.75) is 71.0 Å². The van der Waals surface area contributed by atoms with Crippen molar-refractivity contribution in [3.05, 3.63) is 0 Å². The Kier molecular flexibility index (Phi) is 4.93. The summed E-state index contributed by atoms with van der Waals surface area (Å²) in [4.78, 5) is 0. The molecular weight excluding hydrogens is 164 g/mol. The van der Waals surface area contributed by atoms with Gasteiger partial charge in [0, 0.05) is 0 Å². The minimum atomic E-state index is -0.657.